The molecule has 0 saturated carbocycles. The van der Waals surface area contributed by atoms with Crippen molar-refractivity contribution in [1.29, 1.82) is 0 Å². The van der Waals surface area contributed by atoms with Gasteiger partial charge < -0.3 is 14.8 Å². The van der Waals surface area contributed by atoms with Crippen molar-refractivity contribution >= 4 is 28.3 Å². The Morgan fingerprint density at radius 2 is 1.67 bits per heavy atom. The highest BCUT2D eigenvalue weighted by atomic mass is 16.5. The molecule has 3 aromatic carbocycles. The van der Waals surface area contributed by atoms with Gasteiger partial charge in [-0.25, -0.2) is 4.79 Å². The van der Waals surface area contributed by atoms with Gasteiger partial charge in [0, 0.05) is 11.1 Å². The number of amides is 1. The third-order valence-electron chi connectivity index (χ3n) is 4.26. The highest BCUT2D eigenvalue weighted by Crippen LogP contribution is 2.26. The lowest BCUT2D eigenvalue weighted by Gasteiger charge is -2.18. The molecule has 1 amide bonds. The van der Waals surface area contributed by atoms with Crippen LogP contribution in [0.3, 0.4) is 0 Å². The summed E-state index contributed by atoms with van der Waals surface area (Å²) in [5.41, 5.74) is 1.02. The molecule has 3 aromatic rings. The number of rotatable bonds is 6. The molecular weight excluding hydrogens is 342 g/mol. The maximum atomic E-state index is 12.6. The van der Waals surface area contributed by atoms with Crippen molar-refractivity contribution in [2.45, 2.75) is 19.4 Å². The first-order valence-corrected chi connectivity index (χ1v) is 8.76. The molecule has 0 spiro atoms. The molecule has 0 saturated heterocycles. The van der Waals surface area contributed by atoms with E-state index in [0.717, 1.165) is 10.8 Å². The molecule has 0 aliphatic carbocycles. The summed E-state index contributed by atoms with van der Waals surface area (Å²) in [7, 11) is 1.33. The molecule has 5 heteroatoms. The lowest BCUT2D eigenvalue weighted by molar-refractivity contribution is -0.122. The maximum Gasteiger partial charge on any atom is 0.337 e. The predicted molar refractivity (Wildman–Crippen MR) is 105 cm³/mol. The monoisotopic (exact) mass is 363 g/mol. The summed E-state index contributed by atoms with van der Waals surface area (Å²) < 4.78 is 10.7. The lowest BCUT2D eigenvalue weighted by Crippen LogP contribution is -2.32. The lowest BCUT2D eigenvalue weighted by atomic mass is 10.1. The number of hydrogen-bond acceptors (Lipinski definition) is 4. The van der Waals surface area contributed by atoms with Crippen LogP contribution in [-0.4, -0.2) is 25.1 Å². The molecule has 0 bridgehead atoms. The number of esters is 1. The quantitative estimate of drug-likeness (QED) is 0.658. The van der Waals surface area contributed by atoms with Crippen LogP contribution in [0.25, 0.3) is 10.8 Å². The fraction of sp³-hybridized carbons (Fsp3) is 0.182. The third-order valence-corrected chi connectivity index (χ3v) is 4.26. The van der Waals surface area contributed by atoms with Crippen LogP contribution < -0.4 is 10.1 Å². The van der Waals surface area contributed by atoms with Gasteiger partial charge in [0.2, 0.25) is 0 Å². The molecule has 0 aromatic heterocycles. The van der Waals surface area contributed by atoms with Gasteiger partial charge in [0.05, 0.1) is 12.7 Å². The van der Waals surface area contributed by atoms with Crippen molar-refractivity contribution in [2.75, 3.05) is 12.4 Å². The van der Waals surface area contributed by atoms with Gasteiger partial charge in [-0.15, -0.1) is 0 Å². The molecule has 138 valence electrons. The largest absolute Gasteiger partial charge is 0.480 e. The summed E-state index contributed by atoms with van der Waals surface area (Å²) >= 11 is 0. The zero-order chi connectivity index (χ0) is 19.2. The van der Waals surface area contributed by atoms with Crippen LogP contribution in [0.4, 0.5) is 5.69 Å². The molecule has 0 fully saturated rings. The van der Waals surface area contributed by atoms with Crippen molar-refractivity contribution < 1.29 is 19.1 Å². The Morgan fingerprint density at radius 1 is 0.963 bits per heavy atom. The second-order valence-electron chi connectivity index (χ2n) is 6.05. The fourth-order valence-corrected chi connectivity index (χ4v) is 2.80. The number of hydrogen-bond donors (Lipinski definition) is 1. The van der Waals surface area contributed by atoms with E-state index in [1.54, 1.807) is 24.3 Å². The van der Waals surface area contributed by atoms with Gasteiger partial charge in [-0.1, -0.05) is 43.3 Å². The molecule has 0 aliphatic heterocycles. The van der Waals surface area contributed by atoms with E-state index in [1.807, 2.05) is 49.4 Å². The summed E-state index contributed by atoms with van der Waals surface area (Å²) in [5, 5.41) is 4.85. The number of benzene rings is 3. The number of carbonyl (C=O) groups excluding carboxylic acids is 2. The van der Waals surface area contributed by atoms with Crippen LogP contribution in [-0.2, 0) is 9.53 Å². The number of nitrogens with one attached hydrogen (secondary N) is 1. The van der Waals surface area contributed by atoms with Crippen LogP contribution in [0.15, 0.2) is 66.7 Å². The number of anilines is 1. The molecule has 1 N–H and O–H groups in total. The Hall–Kier alpha value is -3.34. The summed E-state index contributed by atoms with van der Waals surface area (Å²) in [6.45, 7) is 1.90. The fourth-order valence-electron chi connectivity index (χ4n) is 2.80. The number of fused-ring (bicyclic) bond motifs is 1. The van der Waals surface area contributed by atoms with E-state index < -0.39 is 12.1 Å². The van der Waals surface area contributed by atoms with Crippen molar-refractivity contribution in [3.8, 4) is 5.75 Å². The van der Waals surface area contributed by atoms with Gasteiger partial charge in [-0.3, -0.25) is 4.79 Å². The molecule has 5 nitrogen and oxygen atoms in total. The van der Waals surface area contributed by atoms with Crippen molar-refractivity contribution in [3.63, 3.8) is 0 Å². The van der Waals surface area contributed by atoms with Crippen LogP contribution >= 0.6 is 0 Å². The van der Waals surface area contributed by atoms with Crippen LogP contribution in [0, 0.1) is 0 Å². The molecular formula is C22H21NO4. The molecule has 3 rings (SSSR count). The van der Waals surface area contributed by atoms with Crippen molar-refractivity contribution in [1.82, 2.24) is 0 Å². The first kappa shape index (κ1) is 18.5. The zero-order valence-electron chi connectivity index (χ0n) is 15.3. The third kappa shape index (κ3) is 4.26. The van der Waals surface area contributed by atoms with E-state index in [-0.39, 0.29) is 5.91 Å². The minimum absolute atomic E-state index is 0.240. The average Bonchev–Trinajstić information content (AvgIpc) is 2.72. The number of ether oxygens (including phenoxy) is 2. The molecule has 1 atom stereocenters. The molecule has 27 heavy (non-hydrogen) atoms. The first-order valence-electron chi connectivity index (χ1n) is 8.76. The zero-order valence-corrected chi connectivity index (χ0v) is 15.3. The number of carbonyl (C=O) groups is 2. The standard InChI is InChI=1S/C22H21NO4/c1-3-19(27-20-10-6-8-15-7-4-5-9-18(15)20)21(24)23-17-13-11-16(12-14-17)22(25)26-2/h4-14,19H,3H2,1-2H3,(H,23,24)/t19-/m0/s1. The van der Waals surface area contributed by atoms with E-state index in [2.05, 4.69) is 10.1 Å². The van der Waals surface area contributed by atoms with Gasteiger partial charge in [0.25, 0.3) is 5.91 Å². The van der Waals surface area contributed by atoms with Crippen molar-refractivity contribution in [2.24, 2.45) is 0 Å². The van der Waals surface area contributed by atoms with E-state index >= 15 is 0 Å². The van der Waals surface area contributed by atoms with Crippen LogP contribution in [0.1, 0.15) is 23.7 Å². The highest BCUT2D eigenvalue weighted by molar-refractivity contribution is 5.96. The molecule has 0 radical (unpaired) electrons. The summed E-state index contributed by atoms with van der Waals surface area (Å²) in [6.07, 6.45) is -0.106. The Balaban J connectivity index is 1.73. The smallest absolute Gasteiger partial charge is 0.337 e. The van der Waals surface area contributed by atoms with Crippen LogP contribution in [0.5, 0.6) is 5.75 Å². The summed E-state index contributed by atoms with van der Waals surface area (Å²) in [6, 6.07) is 20.2. The summed E-state index contributed by atoms with van der Waals surface area (Å²) in [5.74, 6) is 0.0194. The van der Waals surface area contributed by atoms with Gasteiger partial charge >= 0.3 is 5.97 Å². The molecule has 0 unspecified atom stereocenters. The Kier molecular flexibility index (Phi) is 5.71. The van der Waals surface area contributed by atoms with Gasteiger partial charge in [-0.2, -0.15) is 0 Å². The van der Waals surface area contributed by atoms with E-state index in [1.165, 1.54) is 7.11 Å². The minimum Gasteiger partial charge on any atom is -0.480 e. The topological polar surface area (TPSA) is 64.6 Å². The average molecular weight is 363 g/mol. The van der Waals surface area contributed by atoms with Crippen molar-refractivity contribution in [3.05, 3.63) is 72.3 Å². The summed E-state index contributed by atoms with van der Waals surface area (Å²) in [4.78, 5) is 24.1. The van der Waals surface area contributed by atoms with E-state index in [0.29, 0.717) is 23.4 Å². The highest BCUT2D eigenvalue weighted by Gasteiger charge is 2.19. The first-order chi connectivity index (χ1) is 13.1. The maximum absolute atomic E-state index is 12.6. The Bertz CT molecular complexity index is 945. The van der Waals surface area contributed by atoms with Crippen LogP contribution in [0.2, 0.25) is 0 Å². The second-order valence-corrected chi connectivity index (χ2v) is 6.05. The molecule has 0 heterocycles. The predicted octanol–water partition coefficient (Wildman–Crippen LogP) is 4.42. The Morgan fingerprint density at radius 3 is 2.37 bits per heavy atom. The van der Waals surface area contributed by atoms with Gasteiger partial charge in [0.1, 0.15) is 5.75 Å². The molecule has 0 aliphatic rings. The second kappa shape index (κ2) is 8.36. The van der Waals surface area contributed by atoms with E-state index in [9.17, 15) is 9.59 Å². The minimum atomic E-state index is -0.629. The van der Waals surface area contributed by atoms with Gasteiger partial charge in [-0.05, 0) is 42.1 Å². The normalized spacial score (nSPS) is 11.6. The SMILES string of the molecule is CC[C@H](Oc1cccc2ccccc12)C(=O)Nc1ccc(C(=O)OC)cc1. The number of methoxy groups -OCH3 is 1. The van der Waals surface area contributed by atoms with E-state index in [4.69, 9.17) is 4.74 Å². The van der Waals surface area contributed by atoms with Gasteiger partial charge in [0.15, 0.2) is 6.10 Å². The Labute approximate surface area is 157 Å².